The van der Waals surface area contributed by atoms with Crippen molar-refractivity contribution in [3.63, 3.8) is 0 Å². The Morgan fingerprint density at radius 2 is 0.892 bits per heavy atom. The van der Waals surface area contributed by atoms with Crippen molar-refractivity contribution in [2.45, 2.75) is 19.3 Å². The largest absolute Gasteiger partial charge is 0.455 e. The molecule has 308 valence electrons. The van der Waals surface area contributed by atoms with Gasteiger partial charge in [-0.1, -0.05) is 208 Å². The minimum absolute atomic E-state index is 0.175. The molecule has 0 amide bonds. The van der Waals surface area contributed by atoms with Crippen LogP contribution in [0.2, 0.25) is 0 Å². The quantitative estimate of drug-likeness (QED) is 0.152. The van der Waals surface area contributed by atoms with E-state index in [0.717, 1.165) is 61.3 Å². The van der Waals surface area contributed by atoms with Crippen LogP contribution in [0.1, 0.15) is 25.0 Å². The first-order valence-corrected chi connectivity index (χ1v) is 22.5. The van der Waals surface area contributed by atoms with E-state index >= 15 is 0 Å². The highest BCUT2D eigenvalue weighted by Crippen LogP contribution is 2.53. The molecule has 0 fully saturated rings. The number of furan rings is 1. The Morgan fingerprint density at radius 3 is 1.71 bits per heavy atom. The van der Waals surface area contributed by atoms with Gasteiger partial charge in [0.25, 0.3) is 0 Å². The highest BCUT2D eigenvalue weighted by Gasteiger charge is 2.36. The smallest absolute Gasteiger partial charge is 0.143 e. The summed E-state index contributed by atoms with van der Waals surface area (Å²) in [7, 11) is 0. The van der Waals surface area contributed by atoms with Gasteiger partial charge < -0.3 is 9.32 Å². The molecule has 2 heteroatoms. The van der Waals surface area contributed by atoms with E-state index in [1.807, 2.05) is 6.07 Å². The first kappa shape index (κ1) is 38.5. The molecule has 0 saturated heterocycles. The fourth-order valence-corrected chi connectivity index (χ4v) is 10.3. The summed E-state index contributed by atoms with van der Waals surface area (Å²) in [4.78, 5) is 2.48. The summed E-state index contributed by atoms with van der Waals surface area (Å²) in [5, 5.41) is 2.26. The number of benzene rings is 10. The Labute approximate surface area is 380 Å². The normalized spacial score (nSPS) is 12.6. The molecular formula is C63H45NO. The van der Waals surface area contributed by atoms with Crippen molar-refractivity contribution in [2.75, 3.05) is 4.90 Å². The van der Waals surface area contributed by atoms with E-state index in [1.165, 1.54) is 55.6 Å². The number of rotatable bonds is 8. The van der Waals surface area contributed by atoms with E-state index in [1.54, 1.807) is 0 Å². The predicted octanol–water partition coefficient (Wildman–Crippen LogP) is 17.7. The van der Waals surface area contributed by atoms with Gasteiger partial charge in [-0.2, -0.15) is 0 Å². The number of anilines is 3. The Morgan fingerprint density at radius 1 is 0.338 bits per heavy atom. The summed E-state index contributed by atoms with van der Waals surface area (Å²) in [6.07, 6.45) is 0. The summed E-state index contributed by atoms with van der Waals surface area (Å²) in [5.41, 5.74) is 21.8. The second kappa shape index (κ2) is 15.6. The van der Waals surface area contributed by atoms with Gasteiger partial charge in [0.15, 0.2) is 0 Å². The van der Waals surface area contributed by atoms with Gasteiger partial charge in [-0.05, 0) is 109 Å². The fourth-order valence-electron chi connectivity index (χ4n) is 10.3. The lowest BCUT2D eigenvalue weighted by Gasteiger charge is -2.31. The third-order valence-electron chi connectivity index (χ3n) is 13.5. The molecule has 0 N–H and O–H groups in total. The van der Waals surface area contributed by atoms with Crippen LogP contribution < -0.4 is 4.90 Å². The molecule has 0 radical (unpaired) electrons. The zero-order chi connectivity index (χ0) is 43.5. The van der Waals surface area contributed by atoms with E-state index in [-0.39, 0.29) is 5.41 Å². The summed E-state index contributed by atoms with van der Waals surface area (Å²) in [6, 6.07) is 86.0. The molecule has 1 aromatic heterocycles. The molecule has 0 spiro atoms. The van der Waals surface area contributed by atoms with Crippen LogP contribution in [0.25, 0.3) is 88.7 Å². The van der Waals surface area contributed by atoms with Crippen LogP contribution in [0, 0.1) is 0 Å². The molecule has 0 bridgehead atoms. The highest BCUT2D eigenvalue weighted by molar-refractivity contribution is 6.09. The number of nitrogens with zero attached hydrogens (tertiary/aromatic N) is 1. The first-order valence-electron chi connectivity index (χ1n) is 22.5. The Bertz CT molecular complexity index is 3560. The topological polar surface area (TPSA) is 16.4 Å². The molecule has 11 aromatic rings. The Balaban J connectivity index is 1.10. The average molecular weight is 832 g/mol. The maximum absolute atomic E-state index is 6.54. The van der Waals surface area contributed by atoms with Gasteiger partial charge in [0, 0.05) is 38.7 Å². The monoisotopic (exact) mass is 831 g/mol. The maximum Gasteiger partial charge on any atom is 0.143 e. The SMILES string of the molecule is CC1(C)c2ccccc2-c2ccc(N(c3ccc(-c4cccc5c4oc4ccccc45)cc3)c3cccc(-c4ccccc4-c4ccccc4)c3-c3cccc(-c4ccccc4)c3)cc21. The van der Waals surface area contributed by atoms with Crippen molar-refractivity contribution in [2.24, 2.45) is 0 Å². The predicted molar refractivity (Wildman–Crippen MR) is 273 cm³/mol. The van der Waals surface area contributed by atoms with Gasteiger partial charge >= 0.3 is 0 Å². The van der Waals surface area contributed by atoms with Crippen molar-refractivity contribution >= 4 is 39.0 Å². The maximum atomic E-state index is 6.54. The number of fused-ring (bicyclic) bond motifs is 6. The highest BCUT2D eigenvalue weighted by atomic mass is 16.3. The third kappa shape index (κ3) is 6.49. The van der Waals surface area contributed by atoms with Crippen molar-refractivity contribution < 1.29 is 4.42 Å². The van der Waals surface area contributed by atoms with Crippen molar-refractivity contribution in [3.8, 4) is 66.8 Å². The lowest BCUT2D eigenvalue weighted by Crippen LogP contribution is -2.17. The summed E-state index contributed by atoms with van der Waals surface area (Å²) in [5.74, 6) is 0. The zero-order valence-corrected chi connectivity index (χ0v) is 36.4. The molecule has 0 unspecified atom stereocenters. The van der Waals surface area contributed by atoms with Gasteiger partial charge in [0.2, 0.25) is 0 Å². The van der Waals surface area contributed by atoms with Crippen molar-refractivity contribution in [1.29, 1.82) is 0 Å². The van der Waals surface area contributed by atoms with E-state index in [9.17, 15) is 0 Å². The van der Waals surface area contributed by atoms with Crippen LogP contribution in [0.5, 0.6) is 0 Å². The number of hydrogen-bond donors (Lipinski definition) is 0. The van der Waals surface area contributed by atoms with Gasteiger partial charge in [0.05, 0.1) is 5.69 Å². The second-order valence-corrected chi connectivity index (χ2v) is 17.6. The van der Waals surface area contributed by atoms with Gasteiger partial charge in [-0.3, -0.25) is 0 Å². The van der Waals surface area contributed by atoms with Gasteiger partial charge in [0.1, 0.15) is 11.2 Å². The van der Waals surface area contributed by atoms with Crippen LogP contribution in [0.4, 0.5) is 17.1 Å². The molecule has 0 aliphatic heterocycles. The molecule has 0 saturated carbocycles. The lowest BCUT2D eigenvalue weighted by molar-refractivity contribution is 0.660. The minimum atomic E-state index is -0.175. The standard InChI is InChI=1S/C63H45NO/c1-63(2)57-31-13-11-26-52(57)53-39-38-48(41-58(53)63)64(47-36-34-44(35-37-47)50-28-16-30-56-54-27-12-14-33-60(54)65-62(50)56)59-32-17-29-55(51-25-10-9-24-49(51)43-20-7-4-8-21-43)61(59)46-23-15-22-45(40-46)42-18-5-3-6-19-42/h3-41H,1-2H3. The second-order valence-electron chi connectivity index (χ2n) is 17.6. The van der Waals surface area contributed by atoms with E-state index in [0.29, 0.717) is 0 Å². The van der Waals surface area contributed by atoms with Crippen molar-refractivity contribution in [1.82, 2.24) is 0 Å². The molecule has 10 aromatic carbocycles. The number of hydrogen-bond acceptors (Lipinski definition) is 2. The molecule has 1 heterocycles. The zero-order valence-electron chi connectivity index (χ0n) is 36.4. The molecule has 2 nitrogen and oxygen atoms in total. The lowest BCUT2D eigenvalue weighted by atomic mass is 9.82. The van der Waals surface area contributed by atoms with E-state index in [2.05, 4.69) is 249 Å². The molecule has 1 aliphatic carbocycles. The van der Waals surface area contributed by atoms with Gasteiger partial charge in [-0.15, -0.1) is 0 Å². The first-order chi connectivity index (χ1) is 32.0. The van der Waals surface area contributed by atoms with Crippen molar-refractivity contribution in [3.05, 3.63) is 248 Å². The minimum Gasteiger partial charge on any atom is -0.455 e. The molecule has 0 atom stereocenters. The van der Waals surface area contributed by atoms with E-state index < -0.39 is 0 Å². The third-order valence-corrected chi connectivity index (χ3v) is 13.5. The Hall–Kier alpha value is -8.20. The molecule has 65 heavy (non-hydrogen) atoms. The fraction of sp³-hybridized carbons (Fsp3) is 0.0476. The van der Waals surface area contributed by atoms with E-state index in [4.69, 9.17) is 4.42 Å². The van der Waals surface area contributed by atoms with Crippen LogP contribution in [0.15, 0.2) is 241 Å². The van der Waals surface area contributed by atoms with Crippen LogP contribution in [0.3, 0.4) is 0 Å². The summed E-state index contributed by atoms with van der Waals surface area (Å²) < 4.78 is 6.54. The Kier molecular flexibility index (Phi) is 9.21. The van der Waals surface area contributed by atoms with Gasteiger partial charge in [-0.25, -0.2) is 0 Å². The molecular weight excluding hydrogens is 787 g/mol. The van der Waals surface area contributed by atoms with Crippen LogP contribution >= 0.6 is 0 Å². The van der Waals surface area contributed by atoms with Crippen LogP contribution in [-0.4, -0.2) is 0 Å². The average Bonchev–Trinajstić information content (AvgIpc) is 3.86. The summed E-state index contributed by atoms with van der Waals surface area (Å²) in [6.45, 7) is 4.72. The molecule has 12 rings (SSSR count). The molecule has 1 aliphatic rings. The summed E-state index contributed by atoms with van der Waals surface area (Å²) >= 11 is 0. The van der Waals surface area contributed by atoms with Crippen LogP contribution in [-0.2, 0) is 5.41 Å². The number of para-hydroxylation sites is 2.